The Morgan fingerprint density at radius 2 is 2.32 bits per heavy atom. The molecule has 0 bridgehead atoms. The number of aromatic amines is 1. The number of hydrogen-bond acceptors (Lipinski definition) is 5. The molecule has 1 heterocycles. The van der Waals surface area contributed by atoms with Gasteiger partial charge in [-0.1, -0.05) is 12.1 Å². The summed E-state index contributed by atoms with van der Waals surface area (Å²) in [5, 5.41) is 19.8. The monoisotopic (exact) mass is 262 g/mol. The third-order valence-corrected chi connectivity index (χ3v) is 2.85. The van der Waals surface area contributed by atoms with E-state index in [1.165, 1.54) is 6.33 Å². The van der Waals surface area contributed by atoms with Gasteiger partial charge in [0.25, 0.3) is 0 Å². The summed E-state index contributed by atoms with van der Waals surface area (Å²) in [5.74, 6) is 1.60. The summed E-state index contributed by atoms with van der Waals surface area (Å²) in [6.45, 7) is 1.46. The Kier molecular flexibility index (Phi) is 4.74. The topological polar surface area (TPSA) is 83.1 Å². The van der Waals surface area contributed by atoms with Gasteiger partial charge in [0.05, 0.1) is 7.11 Å². The highest BCUT2D eigenvalue weighted by Gasteiger charge is 2.06. The summed E-state index contributed by atoms with van der Waals surface area (Å²) >= 11 is 0. The molecule has 0 aliphatic heterocycles. The largest absolute Gasteiger partial charge is 0.504 e. The minimum atomic E-state index is 0.202. The van der Waals surface area contributed by atoms with Gasteiger partial charge >= 0.3 is 0 Å². The van der Waals surface area contributed by atoms with Crippen molar-refractivity contribution in [3.8, 4) is 11.5 Å². The van der Waals surface area contributed by atoms with Crippen molar-refractivity contribution < 1.29 is 9.84 Å². The van der Waals surface area contributed by atoms with Crippen LogP contribution in [0.4, 0.5) is 0 Å². The van der Waals surface area contributed by atoms with Crippen molar-refractivity contribution in [3.63, 3.8) is 0 Å². The fraction of sp³-hybridized carbons (Fsp3) is 0.385. The number of hydrogen-bond donors (Lipinski definition) is 3. The molecule has 0 radical (unpaired) electrons. The summed E-state index contributed by atoms with van der Waals surface area (Å²) in [6.07, 6.45) is 3.33. The highest BCUT2D eigenvalue weighted by molar-refractivity contribution is 5.45. The van der Waals surface area contributed by atoms with Gasteiger partial charge in [0.1, 0.15) is 12.2 Å². The minimum absolute atomic E-state index is 0.202. The molecule has 0 spiro atoms. The average molecular weight is 262 g/mol. The number of para-hydroxylation sites is 1. The third-order valence-electron chi connectivity index (χ3n) is 2.85. The van der Waals surface area contributed by atoms with Gasteiger partial charge in [-0.3, -0.25) is 5.10 Å². The number of nitrogens with one attached hydrogen (secondary N) is 2. The normalized spacial score (nSPS) is 10.6. The van der Waals surface area contributed by atoms with Gasteiger partial charge in [-0.2, -0.15) is 5.10 Å². The van der Waals surface area contributed by atoms with E-state index in [9.17, 15) is 5.11 Å². The van der Waals surface area contributed by atoms with Crippen LogP contribution in [0.15, 0.2) is 24.5 Å². The van der Waals surface area contributed by atoms with Crippen molar-refractivity contribution in [2.75, 3.05) is 13.7 Å². The lowest BCUT2D eigenvalue weighted by Crippen LogP contribution is -2.15. The molecule has 0 unspecified atom stereocenters. The second kappa shape index (κ2) is 6.75. The molecule has 102 valence electrons. The summed E-state index contributed by atoms with van der Waals surface area (Å²) < 4.78 is 5.06. The number of nitrogens with zero attached hydrogens (tertiary/aromatic N) is 2. The van der Waals surface area contributed by atoms with E-state index in [2.05, 4.69) is 20.5 Å². The van der Waals surface area contributed by atoms with Crippen molar-refractivity contribution in [2.45, 2.75) is 19.4 Å². The van der Waals surface area contributed by atoms with Crippen molar-refractivity contribution in [2.24, 2.45) is 0 Å². The van der Waals surface area contributed by atoms with Gasteiger partial charge in [-0.25, -0.2) is 4.98 Å². The molecule has 1 aromatic carbocycles. The predicted octanol–water partition coefficient (Wildman–Crippen LogP) is 1.24. The Bertz CT molecular complexity index is 499. The Balaban J connectivity index is 1.73. The van der Waals surface area contributed by atoms with Crippen LogP contribution < -0.4 is 10.1 Å². The van der Waals surface area contributed by atoms with E-state index in [0.717, 1.165) is 30.8 Å². The SMILES string of the molecule is COc1cccc(CNCCCc2ncn[nH]2)c1O. The van der Waals surface area contributed by atoms with Crippen LogP contribution in [0.2, 0.25) is 0 Å². The van der Waals surface area contributed by atoms with Crippen LogP contribution in [-0.2, 0) is 13.0 Å². The number of benzene rings is 1. The fourth-order valence-electron chi connectivity index (χ4n) is 1.83. The highest BCUT2D eigenvalue weighted by atomic mass is 16.5. The molecule has 0 aliphatic carbocycles. The molecule has 1 aromatic heterocycles. The summed E-state index contributed by atoms with van der Waals surface area (Å²) in [7, 11) is 1.55. The minimum Gasteiger partial charge on any atom is -0.504 e. The van der Waals surface area contributed by atoms with E-state index in [-0.39, 0.29) is 5.75 Å². The van der Waals surface area contributed by atoms with Gasteiger partial charge in [0, 0.05) is 18.5 Å². The first-order valence-electron chi connectivity index (χ1n) is 6.21. The number of H-pyrrole nitrogens is 1. The molecule has 0 saturated heterocycles. The van der Waals surface area contributed by atoms with E-state index in [1.54, 1.807) is 13.2 Å². The van der Waals surface area contributed by atoms with Gasteiger partial charge < -0.3 is 15.2 Å². The maximum Gasteiger partial charge on any atom is 0.162 e. The van der Waals surface area contributed by atoms with Gasteiger partial charge in [-0.05, 0) is 19.0 Å². The van der Waals surface area contributed by atoms with E-state index in [4.69, 9.17) is 4.74 Å². The van der Waals surface area contributed by atoms with Crippen LogP contribution in [-0.4, -0.2) is 33.9 Å². The molecule has 0 saturated carbocycles. The first kappa shape index (κ1) is 13.4. The Morgan fingerprint density at radius 3 is 3.05 bits per heavy atom. The number of methoxy groups -OCH3 is 1. The van der Waals surface area contributed by atoms with Gasteiger partial charge in [-0.15, -0.1) is 0 Å². The number of aromatic hydroxyl groups is 1. The first-order chi connectivity index (χ1) is 9.31. The van der Waals surface area contributed by atoms with E-state index in [1.807, 2.05) is 12.1 Å². The molecule has 19 heavy (non-hydrogen) atoms. The van der Waals surface area contributed by atoms with Crippen molar-refractivity contribution >= 4 is 0 Å². The quantitative estimate of drug-likeness (QED) is 0.654. The van der Waals surface area contributed by atoms with Crippen LogP contribution in [0.25, 0.3) is 0 Å². The summed E-state index contributed by atoms with van der Waals surface area (Å²) in [6, 6.07) is 5.48. The van der Waals surface area contributed by atoms with Crippen LogP contribution in [0.5, 0.6) is 11.5 Å². The fourth-order valence-corrected chi connectivity index (χ4v) is 1.83. The maximum absolute atomic E-state index is 9.91. The Morgan fingerprint density at radius 1 is 1.42 bits per heavy atom. The molecule has 2 aromatic rings. The lowest BCUT2D eigenvalue weighted by molar-refractivity contribution is 0.369. The zero-order chi connectivity index (χ0) is 13.5. The van der Waals surface area contributed by atoms with Crippen molar-refractivity contribution in [3.05, 3.63) is 35.9 Å². The van der Waals surface area contributed by atoms with E-state index >= 15 is 0 Å². The number of ether oxygens (including phenoxy) is 1. The van der Waals surface area contributed by atoms with E-state index in [0.29, 0.717) is 12.3 Å². The third kappa shape index (κ3) is 3.69. The smallest absolute Gasteiger partial charge is 0.162 e. The predicted molar refractivity (Wildman–Crippen MR) is 71.1 cm³/mol. The molecule has 0 aliphatic rings. The van der Waals surface area contributed by atoms with Crippen molar-refractivity contribution in [1.82, 2.24) is 20.5 Å². The second-order valence-corrected chi connectivity index (χ2v) is 4.18. The lowest BCUT2D eigenvalue weighted by atomic mass is 10.2. The molecular weight excluding hydrogens is 244 g/mol. The summed E-state index contributed by atoms with van der Waals surface area (Å²) in [4.78, 5) is 4.06. The molecule has 6 heteroatoms. The highest BCUT2D eigenvalue weighted by Crippen LogP contribution is 2.28. The molecule has 0 amide bonds. The number of aromatic nitrogens is 3. The maximum atomic E-state index is 9.91. The lowest BCUT2D eigenvalue weighted by Gasteiger charge is -2.09. The summed E-state index contributed by atoms with van der Waals surface area (Å²) in [5.41, 5.74) is 0.832. The van der Waals surface area contributed by atoms with Crippen LogP contribution in [0.1, 0.15) is 17.8 Å². The average Bonchev–Trinajstić information content (AvgIpc) is 2.93. The number of rotatable bonds is 7. The molecule has 0 fully saturated rings. The van der Waals surface area contributed by atoms with Gasteiger partial charge in [0.15, 0.2) is 11.5 Å². The zero-order valence-corrected chi connectivity index (χ0v) is 10.9. The molecule has 0 atom stereocenters. The van der Waals surface area contributed by atoms with Crippen LogP contribution >= 0.6 is 0 Å². The zero-order valence-electron chi connectivity index (χ0n) is 10.9. The Hall–Kier alpha value is -2.08. The standard InChI is InChI=1S/C13H18N4O2/c1-19-11-5-2-4-10(13(11)18)8-14-7-3-6-12-15-9-16-17-12/h2,4-5,9,14,18H,3,6-8H2,1H3,(H,15,16,17). The van der Waals surface area contributed by atoms with Gasteiger partial charge in [0.2, 0.25) is 0 Å². The molecular formula is C13H18N4O2. The molecule has 3 N–H and O–H groups in total. The molecule has 6 nitrogen and oxygen atoms in total. The Labute approximate surface area is 111 Å². The second-order valence-electron chi connectivity index (χ2n) is 4.18. The number of phenolic OH excluding ortho intramolecular Hbond substituents is 1. The van der Waals surface area contributed by atoms with E-state index < -0.39 is 0 Å². The molecule has 2 rings (SSSR count). The number of aryl methyl sites for hydroxylation is 1. The van der Waals surface area contributed by atoms with Crippen LogP contribution in [0, 0.1) is 0 Å². The first-order valence-corrected chi connectivity index (χ1v) is 6.21. The van der Waals surface area contributed by atoms with Crippen LogP contribution in [0.3, 0.4) is 0 Å². The number of phenols is 1. The van der Waals surface area contributed by atoms with Crippen molar-refractivity contribution in [1.29, 1.82) is 0 Å².